The second-order valence-corrected chi connectivity index (χ2v) is 7.09. The Bertz CT molecular complexity index is 476. The minimum Gasteiger partial charge on any atom is -0.389 e. The van der Waals surface area contributed by atoms with Crippen LogP contribution in [0.2, 0.25) is 0 Å². The van der Waals surface area contributed by atoms with Crippen LogP contribution in [0.4, 0.5) is 0 Å². The molecule has 0 bridgehead atoms. The average molecular weight is 323 g/mol. The van der Waals surface area contributed by atoms with Crippen molar-refractivity contribution in [3.63, 3.8) is 0 Å². The van der Waals surface area contributed by atoms with Crippen molar-refractivity contribution >= 4 is 11.3 Å². The maximum absolute atomic E-state index is 10.1. The molecule has 2 heterocycles. The SMILES string of the molecule is C#CCOC[C@H](O)CN(Cc1ccc(C)s1)C[C@H]1CCCO1. The molecule has 1 fully saturated rings. The molecule has 4 nitrogen and oxygen atoms in total. The Kier molecular flexibility index (Phi) is 7.37. The van der Waals surface area contributed by atoms with Crippen LogP contribution in [0, 0.1) is 19.3 Å². The van der Waals surface area contributed by atoms with E-state index in [9.17, 15) is 5.11 Å². The highest BCUT2D eigenvalue weighted by Gasteiger charge is 2.21. The summed E-state index contributed by atoms with van der Waals surface area (Å²) in [7, 11) is 0. The number of rotatable bonds is 9. The fourth-order valence-electron chi connectivity index (χ4n) is 2.68. The summed E-state index contributed by atoms with van der Waals surface area (Å²) >= 11 is 1.80. The number of aliphatic hydroxyl groups is 1. The Morgan fingerprint density at radius 3 is 3.09 bits per heavy atom. The Morgan fingerprint density at radius 2 is 2.45 bits per heavy atom. The second-order valence-electron chi connectivity index (χ2n) is 5.71. The quantitative estimate of drug-likeness (QED) is 0.558. The first-order valence-electron chi connectivity index (χ1n) is 7.76. The first-order valence-corrected chi connectivity index (χ1v) is 8.57. The number of aryl methyl sites for hydroxylation is 1. The summed E-state index contributed by atoms with van der Waals surface area (Å²) in [4.78, 5) is 4.88. The van der Waals surface area contributed by atoms with Crippen molar-refractivity contribution in [1.82, 2.24) is 4.90 Å². The van der Waals surface area contributed by atoms with Crippen LogP contribution >= 0.6 is 11.3 Å². The normalized spacial score (nSPS) is 19.5. The number of aliphatic hydroxyl groups excluding tert-OH is 1. The van der Waals surface area contributed by atoms with Gasteiger partial charge in [0, 0.05) is 36.0 Å². The van der Waals surface area contributed by atoms with E-state index in [0.29, 0.717) is 6.54 Å². The summed E-state index contributed by atoms with van der Waals surface area (Å²) in [5.74, 6) is 2.41. The highest BCUT2D eigenvalue weighted by Crippen LogP contribution is 2.19. The van der Waals surface area contributed by atoms with Crippen LogP contribution in [0.3, 0.4) is 0 Å². The molecule has 1 saturated heterocycles. The molecule has 0 aliphatic carbocycles. The van der Waals surface area contributed by atoms with Crippen LogP contribution in [0.1, 0.15) is 22.6 Å². The molecule has 0 saturated carbocycles. The predicted molar refractivity (Wildman–Crippen MR) is 89.0 cm³/mol. The van der Waals surface area contributed by atoms with E-state index in [-0.39, 0.29) is 19.3 Å². The molecule has 1 aliphatic heterocycles. The van der Waals surface area contributed by atoms with E-state index >= 15 is 0 Å². The van der Waals surface area contributed by atoms with E-state index < -0.39 is 6.10 Å². The fourth-order valence-corrected chi connectivity index (χ4v) is 3.61. The van der Waals surface area contributed by atoms with Crippen molar-refractivity contribution < 1.29 is 14.6 Å². The zero-order valence-corrected chi connectivity index (χ0v) is 14.0. The van der Waals surface area contributed by atoms with Crippen LogP contribution in [-0.2, 0) is 16.0 Å². The maximum Gasteiger partial charge on any atom is 0.107 e. The molecular formula is C17H25NO3S. The molecule has 0 unspecified atom stereocenters. The highest BCUT2D eigenvalue weighted by atomic mass is 32.1. The molecule has 2 atom stereocenters. The van der Waals surface area contributed by atoms with Crippen molar-refractivity contribution in [1.29, 1.82) is 0 Å². The molecule has 1 aliphatic rings. The van der Waals surface area contributed by atoms with Crippen LogP contribution in [0.5, 0.6) is 0 Å². The summed E-state index contributed by atoms with van der Waals surface area (Å²) in [5, 5.41) is 10.1. The lowest BCUT2D eigenvalue weighted by molar-refractivity contribution is 0.00982. The van der Waals surface area contributed by atoms with Gasteiger partial charge in [-0.15, -0.1) is 17.8 Å². The Balaban J connectivity index is 1.87. The molecule has 1 aromatic rings. The number of hydrogen-bond acceptors (Lipinski definition) is 5. The first kappa shape index (κ1) is 17.5. The van der Waals surface area contributed by atoms with Gasteiger partial charge in [0.2, 0.25) is 0 Å². The minimum atomic E-state index is -0.532. The third-order valence-electron chi connectivity index (χ3n) is 3.63. The Hall–Kier alpha value is -0.900. The lowest BCUT2D eigenvalue weighted by Crippen LogP contribution is -2.39. The smallest absolute Gasteiger partial charge is 0.107 e. The van der Waals surface area contributed by atoms with E-state index in [4.69, 9.17) is 15.9 Å². The van der Waals surface area contributed by atoms with Gasteiger partial charge in [0.1, 0.15) is 6.61 Å². The van der Waals surface area contributed by atoms with E-state index in [1.165, 1.54) is 9.75 Å². The van der Waals surface area contributed by atoms with Crippen molar-refractivity contribution in [2.24, 2.45) is 0 Å². The molecular weight excluding hydrogens is 298 g/mol. The first-order chi connectivity index (χ1) is 10.7. The number of thiophene rings is 1. The van der Waals surface area contributed by atoms with Gasteiger partial charge < -0.3 is 14.6 Å². The summed E-state index contributed by atoms with van der Waals surface area (Å²) in [5.41, 5.74) is 0. The number of hydrogen-bond donors (Lipinski definition) is 1. The van der Waals surface area contributed by atoms with Gasteiger partial charge in [-0.2, -0.15) is 0 Å². The molecule has 122 valence electrons. The van der Waals surface area contributed by atoms with Crippen molar-refractivity contribution in [3.8, 4) is 12.3 Å². The lowest BCUT2D eigenvalue weighted by Gasteiger charge is -2.26. The Morgan fingerprint density at radius 1 is 1.59 bits per heavy atom. The molecule has 1 N–H and O–H groups in total. The summed E-state index contributed by atoms with van der Waals surface area (Å²) in [6, 6.07) is 4.29. The molecule has 0 radical (unpaired) electrons. The number of nitrogens with zero attached hydrogens (tertiary/aromatic N) is 1. The predicted octanol–water partition coefficient (Wildman–Crippen LogP) is 2.05. The highest BCUT2D eigenvalue weighted by molar-refractivity contribution is 7.11. The standard InChI is InChI=1S/C17H25NO3S/c1-3-8-20-13-15(19)10-18(11-16-5-4-9-21-16)12-17-7-6-14(2)22-17/h1,6-7,15-16,19H,4-5,8-13H2,2H3/t15-,16-/m1/s1. The molecule has 2 rings (SSSR count). The molecule has 0 amide bonds. The lowest BCUT2D eigenvalue weighted by atomic mass is 10.2. The molecule has 0 aromatic carbocycles. The minimum absolute atomic E-state index is 0.243. The monoisotopic (exact) mass is 323 g/mol. The van der Waals surface area contributed by atoms with Gasteiger partial charge in [-0.3, -0.25) is 4.90 Å². The molecule has 0 spiro atoms. The topological polar surface area (TPSA) is 41.9 Å². The molecule has 22 heavy (non-hydrogen) atoms. The van der Waals surface area contributed by atoms with Gasteiger partial charge in [-0.05, 0) is 31.9 Å². The van der Waals surface area contributed by atoms with Gasteiger partial charge >= 0.3 is 0 Å². The third kappa shape index (κ3) is 6.07. The van der Waals surface area contributed by atoms with Gasteiger partial charge in [-0.25, -0.2) is 0 Å². The van der Waals surface area contributed by atoms with E-state index in [0.717, 1.165) is 32.5 Å². The number of terminal acetylenes is 1. The second kappa shape index (κ2) is 9.29. The average Bonchev–Trinajstić information content (AvgIpc) is 3.11. The zero-order chi connectivity index (χ0) is 15.8. The van der Waals surface area contributed by atoms with Crippen LogP contribution < -0.4 is 0 Å². The molecule has 1 aromatic heterocycles. The fraction of sp³-hybridized carbons (Fsp3) is 0.647. The van der Waals surface area contributed by atoms with Crippen molar-refractivity contribution in [3.05, 3.63) is 21.9 Å². The molecule has 5 heteroatoms. The maximum atomic E-state index is 10.1. The van der Waals surface area contributed by atoms with Crippen LogP contribution in [0.15, 0.2) is 12.1 Å². The summed E-state index contributed by atoms with van der Waals surface area (Å²) in [6.07, 6.45) is 7.12. The summed E-state index contributed by atoms with van der Waals surface area (Å²) < 4.78 is 11.0. The largest absolute Gasteiger partial charge is 0.389 e. The van der Waals surface area contributed by atoms with Gasteiger partial charge in [0.25, 0.3) is 0 Å². The van der Waals surface area contributed by atoms with Gasteiger partial charge in [0.15, 0.2) is 0 Å². The van der Waals surface area contributed by atoms with E-state index in [1.807, 2.05) is 0 Å². The van der Waals surface area contributed by atoms with Crippen LogP contribution in [-0.4, -0.2) is 55.1 Å². The van der Waals surface area contributed by atoms with E-state index in [2.05, 4.69) is 29.9 Å². The van der Waals surface area contributed by atoms with Gasteiger partial charge in [0.05, 0.1) is 18.8 Å². The van der Waals surface area contributed by atoms with Crippen LogP contribution in [0.25, 0.3) is 0 Å². The van der Waals surface area contributed by atoms with Gasteiger partial charge in [-0.1, -0.05) is 5.92 Å². The summed E-state index contributed by atoms with van der Waals surface area (Å²) in [6.45, 7) is 5.74. The van der Waals surface area contributed by atoms with Crippen molar-refractivity contribution in [2.45, 2.75) is 38.5 Å². The zero-order valence-electron chi connectivity index (χ0n) is 13.2. The van der Waals surface area contributed by atoms with Crippen molar-refractivity contribution in [2.75, 3.05) is 32.9 Å². The number of ether oxygens (including phenoxy) is 2. The van der Waals surface area contributed by atoms with E-state index in [1.54, 1.807) is 11.3 Å². The Labute approximate surface area is 137 Å². The third-order valence-corrected chi connectivity index (χ3v) is 4.61.